The third-order valence-electron chi connectivity index (χ3n) is 4.00. The minimum absolute atomic E-state index is 0.273. The number of aliphatic hydroxyl groups is 1. The Bertz CT molecular complexity index is 675. The number of rotatable bonds is 3. The van der Waals surface area contributed by atoms with Crippen LogP contribution in [0, 0.1) is 5.82 Å². The second kappa shape index (κ2) is 6.78. The van der Waals surface area contributed by atoms with E-state index < -0.39 is 18.0 Å². The van der Waals surface area contributed by atoms with Crippen molar-refractivity contribution < 1.29 is 14.3 Å². The second-order valence-electron chi connectivity index (χ2n) is 5.67. The number of nitrogens with one attached hydrogen (secondary N) is 2. The summed E-state index contributed by atoms with van der Waals surface area (Å²) in [4.78, 5) is 12.2. The Balaban J connectivity index is 1.74. The Labute approximate surface area is 133 Å². The maximum atomic E-state index is 13.5. The fourth-order valence-electron chi connectivity index (χ4n) is 2.83. The predicted molar refractivity (Wildman–Crippen MR) is 83.9 cm³/mol. The fraction of sp³-hybridized carbons (Fsp3) is 0.375. The molecule has 0 spiro atoms. The van der Waals surface area contributed by atoms with Gasteiger partial charge in [0.05, 0.1) is 23.5 Å². The first-order valence-electron chi connectivity index (χ1n) is 7.68. The van der Waals surface area contributed by atoms with Gasteiger partial charge >= 0.3 is 6.03 Å². The van der Waals surface area contributed by atoms with Crippen molar-refractivity contribution in [1.82, 2.24) is 15.1 Å². The van der Waals surface area contributed by atoms with E-state index in [1.54, 1.807) is 29.2 Å². The zero-order valence-corrected chi connectivity index (χ0v) is 12.6. The minimum atomic E-state index is -0.535. The summed E-state index contributed by atoms with van der Waals surface area (Å²) in [6.07, 6.45) is 6.14. The van der Waals surface area contributed by atoms with Gasteiger partial charge < -0.3 is 15.7 Å². The zero-order valence-electron chi connectivity index (χ0n) is 12.6. The number of hydrogen-bond acceptors (Lipinski definition) is 3. The van der Waals surface area contributed by atoms with E-state index in [9.17, 15) is 14.3 Å². The number of urea groups is 1. The van der Waals surface area contributed by atoms with Crippen LogP contribution in [0.2, 0.25) is 0 Å². The molecule has 3 N–H and O–H groups in total. The summed E-state index contributed by atoms with van der Waals surface area (Å²) in [5, 5.41) is 19.4. The number of benzene rings is 1. The highest BCUT2D eigenvalue weighted by molar-refractivity contribution is 5.91. The lowest BCUT2D eigenvalue weighted by Crippen LogP contribution is -2.46. The van der Waals surface area contributed by atoms with Crippen LogP contribution in [0.15, 0.2) is 36.7 Å². The first-order valence-corrected chi connectivity index (χ1v) is 7.68. The molecule has 1 aromatic heterocycles. The summed E-state index contributed by atoms with van der Waals surface area (Å²) in [5.74, 6) is -0.450. The van der Waals surface area contributed by atoms with Crippen LogP contribution in [0.3, 0.4) is 0 Å². The topological polar surface area (TPSA) is 79.2 Å². The van der Waals surface area contributed by atoms with E-state index >= 15 is 0 Å². The van der Waals surface area contributed by atoms with Gasteiger partial charge in [-0.3, -0.25) is 0 Å². The molecular formula is C16H19FN4O2. The van der Waals surface area contributed by atoms with Gasteiger partial charge in [-0.2, -0.15) is 5.10 Å². The van der Waals surface area contributed by atoms with E-state index in [1.807, 2.05) is 0 Å². The van der Waals surface area contributed by atoms with Crippen LogP contribution in [0.5, 0.6) is 0 Å². The molecule has 0 radical (unpaired) electrons. The quantitative estimate of drug-likeness (QED) is 0.813. The van der Waals surface area contributed by atoms with Gasteiger partial charge in [-0.25, -0.2) is 13.9 Å². The summed E-state index contributed by atoms with van der Waals surface area (Å²) in [6, 6.07) is 5.11. The maximum Gasteiger partial charge on any atom is 0.319 e. The van der Waals surface area contributed by atoms with Gasteiger partial charge in [-0.1, -0.05) is 12.8 Å². The number of halogens is 1. The van der Waals surface area contributed by atoms with E-state index in [2.05, 4.69) is 15.7 Å². The number of carbonyl (C=O) groups is 1. The molecular weight excluding hydrogens is 299 g/mol. The molecule has 2 amide bonds. The van der Waals surface area contributed by atoms with Crippen LogP contribution >= 0.6 is 0 Å². The molecule has 1 aromatic carbocycles. The van der Waals surface area contributed by atoms with E-state index in [-0.39, 0.29) is 6.04 Å². The van der Waals surface area contributed by atoms with Gasteiger partial charge in [0, 0.05) is 12.4 Å². The molecule has 1 fully saturated rings. The Morgan fingerprint density at radius 1 is 1.35 bits per heavy atom. The fourth-order valence-corrected chi connectivity index (χ4v) is 2.83. The molecule has 2 unspecified atom stereocenters. The van der Waals surface area contributed by atoms with E-state index in [4.69, 9.17) is 0 Å². The molecule has 1 aliphatic carbocycles. The number of amides is 2. The van der Waals surface area contributed by atoms with Crippen LogP contribution < -0.4 is 10.6 Å². The average Bonchev–Trinajstić information content (AvgIpc) is 3.04. The number of carbonyl (C=O) groups excluding carboxylic acids is 1. The highest BCUT2D eigenvalue weighted by Gasteiger charge is 2.24. The highest BCUT2D eigenvalue weighted by Crippen LogP contribution is 2.22. The maximum absolute atomic E-state index is 13.5. The summed E-state index contributed by atoms with van der Waals surface area (Å²) in [7, 11) is 0. The third-order valence-corrected chi connectivity index (χ3v) is 4.00. The Hall–Kier alpha value is -2.41. The summed E-state index contributed by atoms with van der Waals surface area (Å²) in [5.41, 5.74) is 0.882. The van der Waals surface area contributed by atoms with E-state index in [1.165, 1.54) is 12.1 Å². The molecule has 122 valence electrons. The van der Waals surface area contributed by atoms with Gasteiger partial charge in [-0.15, -0.1) is 0 Å². The van der Waals surface area contributed by atoms with Gasteiger partial charge in [0.2, 0.25) is 0 Å². The molecule has 1 heterocycles. The van der Waals surface area contributed by atoms with Crippen molar-refractivity contribution >= 4 is 11.7 Å². The first kappa shape index (κ1) is 15.5. The van der Waals surface area contributed by atoms with Crippen molar-refractivity contribution in [2.75, 3.05) is 5.32 Å². The van der Waals surface area contributed by atoms with Crippen molar-refractivity contribution in [2.24, 2.45) is 0 Å². The van der Waals surface area contributed by atoms with Crippen molar-refractivity contribution in [1.29, 1.82) is 0 Å². The van der Waals surface area contributed by atoms with Gasteiger partial charge in [-0.05, 0) is 37.1 Å². The smallest absolute Gasteiger partial charge is 0.319 e. The predicted octanol–water partition coefficient (Wildman–Crippen LogP) is 2.44. The van der Waals surface area contributed by atoms with Gasteiger partial charge in [0.1, 0.15) is 5.82 Å². The van der Waals surface area contributed by atoms with Crippen LogP contribution in [0.1, 0.15) is 25.7 Å². The molecule has 0 saturated heterocycles. The molecule has 3 rings (SSSR count). The second-order valence-corrected chi connectivity index (χ2v) is 5.67. The monoisotopic (exact) mass is 318 g/mol. The summed E-state index contributed by atoms with van der Waals surface area (Å²) >= 11 is 0. The number of nitrogens with zero attached hydrogens (tertiary/aromatic N) is 2. The minimum Gasteiger partial charge on any atom is -0.391 e. The van der Waals surface area contributed by atoms with Crippen molar-refractivity contribution in [3.63, 3.8) is 0 Å². The molecule has 2 aromatic rings. The lowest BCUT2D eigenvalue weighted by atomic mass is 9.93. The normalized spacial score (nSPS) is 21.0. The van der Waals surface area contributed by atoms with Crippen molar-refractivity contribution in [3.05, 3.63) is 42.5 Å². The Morgan fingerprint density at radius 3 is 2.91 bits per heavy atom. The molecule has 1 aliphatic rings. The number of hydrogen-bond donors (Lipinski definition) is 3. The Morgan fingerprint density at radius 2 is 2.17 bits per heavy atom. The number of anilines is 1. The van der Waals surface area contributed by atoms with Crippen LogP contribution in [-0.4, -0.2) is 33.1 Å². The molecule has 7 heteroatoms. The zero-order chi connectivity index (χ0) is 16.2. The van der Waals surface area contributed by atoms with Crippen molar-refractivity contribution in [3.8, 4) is 5.69 Å². The lowest BCUT2D eigenvalue weighted by molar-refractivity contribution is 0.0955. The SMILES string of the molecule is O=C(Nc1cc(F)ccc1-n1cccn1)NC1CCCCC1O. The van der Waals surface area contributed by atoms with Crippen LogP contribution in [-0.2, 0) is 0 Å². The number of aliphatic hydroxyl groups excluding tert-OH is 1. The molecule has 0 bridgehead atoms. The standard InChI is InChI=1S/C16H19FN4O2/c17-11-6-7-14(21-9-3-8-18-21)13(10-11)20-16(23)19-12-4-1-2-5-15(12)22/h3,6-10,12,15,22H,1-2,4-5H2,(H2,19,20,23). The van der Waals surface area contributed by atoms with Crippen molar-refractivity contribution in [2.45, 2.75) is 37.8 Å². The van der Waals surface area contributed by atoms with Gasteiger partial charge in [0.25, 0.3) is 0 Å². The average molecular weight is 318 g/mol. The highest BCUT2D eigenvalue weighted by atomic mass is 19.1. The number of aromatic nitrogens is 2. The first-order chi connectivity index (χ1) is 11.1. The van der Waals surface area contributed by atoms with E-state index in [0.717, 1.165) is 19.3 Å². The molecule has 23 heavy (non-hydrogen) atoms. The largest absolute Gasteiger partial charge is 0.391 e. The van der Waals surface area contributed by atoms with Crippen LogP contribution in [0.4, 0.5) is 14.9 Å². The Kier molecular flexibility index (Phi) is 4.57. The van der Waals surface area contributed by atoms with Gasteiger partial charge in [0.15, 0.2) is 0 Å². The summed E-state index contributed by atoms with van der Waals surface area (Å²) < 4.78 is 15.1. The molecule has 6 nitrogen and oxygen atoms in total. The summed E-state index contributed by atoms with van der Waals surface area (Å²) in [6.45, 7) is 0. The molecule has 0 aliphatic heterocycles. The van der Waals surface area contributed by atoms with Crippen LogP contribution in [0.25, 0.3) is 5.69 Å². The lowest BCUT2D eigenvalue weighted by Gasteiger charge is -2.28. The molecule has 1 saturated carbocycles. The van der Waals surface area contributed by atoms with E-state index in [0.29, 0.717) is 17.8 Å². The molecule has 2 atom stereocenters. The third kappa shape index (κ3) is 3.68.